The first-order valence-electron chi connectivity index (χ1n) is 5.61. The lowest BCUT2D eigenvalue weighted by atomic mass is 10.2. The van der Waals surface area contributed by atoms with E-state index in [2.05, 4.69) is 5.48 Å². The van der Waals surface area contributed by atoms with E-state index in [1.165, 1.54) is 12.1 Å². The Morgan fingerprint density at radius 1 is 1.21 bits per heavy atom. The first-order valence-corrected chi connectivity index (χ1v) is 5.61. The van der Waals surface area contributed by atoms with Crippen molar-refractivity contribution >= 4 is 5.91 Å². The van der Waals surface area contributed by atoms with Crippen LogP contribution in [0, 0.1) is 5.82 Å². The van der Waals surface area contributed by atoms with Gasteiger partial charge in [-0.2, -0.15) is 0 Å². The maximum absolute atomic E-state index is 13.4. The van der Waals surface area contributed by atoms with Gasteiger partial charge in [-0.25, -0.2) is 9.87 Å². The van der Waals surface area contributed by atoms with Crippen LogP contribution in [0.25, 0.3) is 0 Å². The Bertz CT molecular complexity index is 572. The second-order valence-electron chi connectivity index (χ2n) is 3.87. The molecule has 0 fully saturated rings. The summed E-state index contributed by atoms with van der Waals surface area (Å²) in [6.07, 6.45) is 0. The van der Waals surface area contributed by atoms with Gasteiger partial charge in [-0.05, 0) is 17.7 Å². The summed E-state index contributed by atoms with van der Waals surface area (Å²) in [5.74, 6) is -1.74. The fourth-order valence-electron chi connectivity index (χ4n) is 1.50. The molecule has 0 unspecified atom stereocenters. The molecule has 0 aliphatic carbocycles. The Kier molecular flexibility index (Phi) is 4.10. The predicted molar refractivity (Wildman–Crippen MR) is 66.8 cm³/mol. The van der Waals surface area contributed by atoms with Crippen LogP contribution in [0.3, 0.4) is 0 Å². The molecule has 4 nitrogen and oxygen atoms in total. The van der Waals surface area contributed by atoms with Gasteiger partial charge in [0.2, 0.25) is 0 Å². The summed E-state index contributed by atoms with van der Waals surface area (Å²) in [7, 11) is 0. The number of hydrogen-bond acceptors (Lipinski definition) is 3. The largest absolute Gasteiger partial charge is 0.508 e. The van der Waals surface area contributed by atoms with Crippen molar-refractivity contribution in [1.82, 2.24) is 5.48 Å². The van der Waals surface area contributed by atoms with Crippen LogP contribution in [0.5, 0.6) is 5.75 Å². The molecule has 0 saturated carbocycles. The van der Waals surface area contributed by atoms with Crippen LogP contribution in [0.2, 0.25) is 0 Å². The minimum atomic E-state index is -0.805. The van der Waals surface area contributed by atoms with E-state index >= 15 is 0 Å². The third-order valence-corrected chi connectivity index (χ3v) is 2.44. The number of hydrogen-bond donors (Lipinski definition) is 2. The van der Waals surface area contributed by atoms with Gasteiger partial charge in [0.1, 0.15) is 11.6 Å². The molecule has 98 valence electrons. The average Bonchev–Trinajstić information content (AvgIpc) is 2.39. The third-order valence-electron chi connectivity index (χ3n) is 2.44. The third kappa shape index (κ3) is 3.53. The van der Waals surface area contributed by atoms with E-state index in [0.717, 1.165) is 11.6 Å². The van der Waals surface area contributed by atoms with Crippen molar-refractivity contribution in [2.24, 2.45) is 0 Å². The summed E-state index contributed by atoms with van der Waals surface area (Å²) in [5.41, 5.74) is 2.84. The highest BCUT2D eigenvalue weighted by atomic mass is 19.1. The molecule has 0 heterocycles. The van der Waals surface area contributed by atoms with Gasteiger partial charge >= 0.3 is 0 Å². The van der Waals surface area contributed by atoms with Gasteiger partial charge in [0.05, 0.1) is 12.2 Å². The molecule has 19 heavy (non-hydrogen) atoms. The highest BCUT2D eigenvalue weighted by Crippen LogP contribution is 2.14. The molecule has 2 aromatic rings. The Morgan fingerprint density at radius 3 is 2.63 bits per heavy atom. The molecule has 1 amide bonds. The molecular formula is C14H12FNO3. The van der Waals surface area contributed by atoms with E-state index in [1.54, 1.807) is 0 Å². The van der Waals surface area contributed by atoms with Crippen molar-refractivity contribution in [3.63, 3.8) is 0 Å². The monoisotopic (exact) mass is 261 g/mol. The molecule has 0 spiro atoms. The molecule has 2 rings (SSSR count). The SMILES string of the molecule is O=C(NOCc1ccccc1)c1ccc(O)cc1F. The van der Waals surface area contributed by atoms with Crippen LogP contribution >= 0.6 is 0 Å². The van der Waals surface area contributed by atoms with Crippen LogP contribution in [0.15, 0.2) is 48.5 Å². The zero-order valence-corrected chi connectivity index (χ0v) is 9.97. The van der Waals surface area contributed by atoms with Crippen LogP contribution in [-0.2, 0) is 11.4 Å². The molecule has 0 aliphatic heterocycles. The molecule has 0 radical (unpaired) electrons. The maximum Gasteiger partial charge on any atom is 0.277 e. The summed E-state index contributed by atoms with van der Waals surface area (Å²) in [4.78, 5) is 16.6. The van der Waals surface area contributed by atoms with E-state index in [0.29, 0.717) is 0 Å². The number of benzene rings is 2. The van der Waals surface area contributed by atoms with Crippen LogP contribution < -0.4 is 5.48 Å². The van der Waals surface area contributed by atoms with E-state index in [-0.39, 0.29) is 17.9 Å². The van der Waals surface area contributed by atoms with Crippen molar-refractivity contribution in [1.29, 1.82) is 0 Å². The predicted octanol–water partition coefficient (Wildman–Crippen LogP) is 2.39. The Morgan fingerprint density at radius 2 is 1.95 bits per heavy atom. The fourth-order valence-corrected chi connectivity index (χ4v) is 1.50. The summed E-state index contributed by atoms with van der Waals surface area (Å²) < 4.78 is 13.4. The fraction of sp³-hybridized carbons (Fsp3) is 0.0714. The number of phenols is 1. The Labute approximate surface area is 109 Å². The average molecular weight is 261 g/mol. The van der Waals surface area contributed by atoms with Crippen LogP contribution in [0.1, 0.15) is 15.9 Å². The Hall–Kier alpha value is -2.40. The summed E-state index contributed by atoms with van der Waals surface area (Å²) in [5, 5.41) is 9.04. The summed E-state index contributed by atoms with van der Waals surface area (Å²) in [6.45, 7) is 0.187. The molecule has 0 bridgehead atoms. The smallest absolute Gasteiger partial charge is 0.277 e. The molecule has 0 aliphatic rings. The summed E-state index contributed by atoms with van der Waals surface area (Å²) >= 11 is 0. The number of phenolic OH excluding ortho intramolecular Hbond substituents is 1. The number of carbonyl (C=O) groups excluding carboxylic acids is 1. The van der Waals surface area contributed by atoms with Gasteiger partial charge < -0.3 is 5.11 Å². The molecular weight excluding hydrogens is 249 g/mol. The maximum atomic E-state index is 13.4. The minimum absolute atomic E-state index is 0.187. The molecule has 0 atom stereocenters. The van der Waals surface area contributed by atoms with Crippen molar-refractivity contribution in [2.45, 2.75) is 6.61 Å². The van der Waals surface area contributed by atoms with Gasteiger partial charge in [0.15, 0.2) is 0 Å². The zero-order valence-electron chi connectivity index (χ0n) is 9.97. The standard InChI is InChI=1S/C14H12FNO3/c15-13-8-11(17)6-7-12(13)14(18)16-19-9-10-4-2-1-3-5-10/h1-8,17H,9H2,(H,16,18). The van der Waals surface area contributed by atoms with E-state index in [1.807, 2.05) is 30.3 Å². The summed E-state index contributed by atoms with van der Waals surface area (Å²) in [6, 6.07) is 12.5. The highest BCUT2D eigenvalue weighted by molar-refractivity contribution is 5.93. The van der Waals surface area contributed by atoms with E-state index in [4.69, 9.17) is 9.94 Å². The minimum Gasteiger partial charge on any atom is -0.508 e. The number of nitrogens with one attached hydrogen (secondary N) is 1. The van der Waals surface area contributed by atoms with Gasteiger partial charge in [-0.15, -0.1) is 0 Å². The van der Waals surface area contributed by atoms with Crippen molar-refractivity contribution < 1.29 is 19.1 Å². The Balaban J connectivity index is 1.91. The van der Waals surface area contributed by atoms with Gasteiger partial charge in [-0.1, -0.05) is 30.3 Å². The zero-order chi connectivity index (χ0) is 13.7. The van der Waals surface area contributed by atoms with Gasteiger partial charge in [0, 0.05) is 6.07 Å². The molecule has 5 heteroatoms. The van der Waals surface area contributed by atoms with E-state index < -0.39 is 11.7 Å². The number of amides is 1. The number of hydroxylamine groups is 1. The highest BCUT2D eigenvalue weighted by Gasteiger charge is 2.12. The lowest BCUT2D eigenvalue weighted by molar-refractivity contribution is 0.0230. The van der Waals surface area contributed by atoms with Gasteiger partial charge in [-0.3, -0.25) is 9.63 Å². The van der Waals surface area contributed by atoms with Crippen molar-refractivity contribution in [2.75, 3.05) is 0 Å². The number of carbonyl (C=O) groups is 1. The van der Waals surface area contributed by atoms with Crippen LogP contribution in [0.4, 0.5) is 4.39 Å². The molecule has 2 N–H and O–H groups in total. The van der Waals surface area contributed by atoms with Crippen molar-refractivity contribution in [3.05, 3.63) is 65.5 Å². The quantitative estimate of drug-likeness (QED) is 0.831. The van der Waals surface area contributed by atoms with Crippen LogP contribution in [-0.4, -0.2) is 11.0 Å². The normalized spacial score (nSPS) is 10.2. The number of aromatic hydroxyl groups is 1. The number of halogens is 1. The second kappa shape index (κ2) is 5.97. The molecule has 0 saturated heterocycles. The topological polar surface area (TPSA) is 58.6 Å². The lowest BCUT2D eigenvalue weighted by Crippen LogP contribution is -2.24. The van der Waals surface area contributed by atoms with Crippen molar-refractivity contribution in [3.8, 4) is 5.75 Å². The first kappa shape index (κ1) is 13.0. The molecule has 0 aromatic heterocycles. The molecule has 2 aromatic carbocycles. The second-order valence-corrected chi connectivity index (χ2v) is 3.87. The number of rotatable bonds is 4. The first-order chi connectivity index (χ1) is 9.16. The lowest BCUT2D eigenvalue weighted by Gasteiger charge is -2.07. The van der Waals surface area contributed by atoms with Gasteiger partial charge in [0.25, 0.3) is 5.91 Å². The van der Waals surface area contributed by atoms with E-state index in [9.17, 15) is 9.18 Å².